The van der Waals surface area contributed by atoms with E-state index in [2.05, 4.69) is 58.2 Å². The molecular formula is C18H30BrN. The summed E-state index contributed by atoms with van der Waals surface area (Å²) in [5.74, 6) is 0. The van der Waals surface area contributed by atoms with Crippen LogP contribution in [0.5, 0.6) is 0 Å². The molecule has 0 aliphatic heterocycles. The number of unbranched alkanes of at least 4 members (excludes halogenated alkanes) is 6. The third-order valence-electron chi connectivity index (χ3n) is 3.80. The number of hydrogen-bond acceptors (Lipinski definition) is 1. The highest BCUT2D eigenvalue weighted by atomic mass is 79.9. The van der Waals surface area contributed by atoms with Gasteiger partial charge >= 0.3 is 0 Å². The predicted octanol–water partition coefficient (Wildman–Crippen LogP) is 5.29. The number of alkyl halides is 1. The molecule has 0 N–H and O–H groups in total. The van der Waals surface area contributed by atoms with E-state index in [9.17, 15) is 0 Å². The van der Waals surface area contributed by atoms with Gasteiger partial charge in [0, 0.05) is 11.9 Å². The molecule has 0 amide bonds. The molecule has 1 aromatic rings. The Balaban J connectivity index is 1.91. The summed E-state index contributed by atoms with van der Waals surface area (Å²) in [4.78, 5) is 2.47. The number of nitrogens with zero attached hydrogens (tertiary/aromatic N) is 1. The van der Waals surface area contributed by atoms with Crippen LogP contribution in [0.3, 0.4) is 0 Å². The molecule has 0 aliphatic rings. The van der Waals surface area contributed by atoms with Crippen molar-refractivity contribution in [3.63, 3.8) is 0 Å². The summed E-state index contributed by atoms with van der Waals surface area (Å²) in [6.07, 6.45) is 10.9. The van der Waals surface area contributed by atoms with Crippen LogP contribution in [0.25, 0.3) is 0 Å². The van der Waals surface area contributed by atoms with E-state index in [4.69, 9.17) is 0 Å². The maximum absolute atomic E-state index is 3.49. The van der Waals surface area contributed by atoms with Crippen LogP contribution in [0.15, 0.2) is 30.3 Å². The lowest BCUT2D eigenvalue weighted by atomic mass is 10.1. The van der Waals surface area contributed by atoms with Gasteiger partial charge in [-0.3, -0.25) is 0 Å². The van der Waals surface area contributed by atoms with E-state index in [0.29, 0.717) is 0 Å². The van der Waals surface area contributed by atoms with Gasteiger partial charge in [-0.2, -0.15) is 0 Å². The van der Waals surface area contributed by atoms with Crippen LogP contribution in [-0.2, 0) is 6.42 Å². The second-order valence-electron chi connectivity index (χ2n) is 5.70. The van der Waals surface area contributed by atoms with Crippen molar-refractivity contribution in [3.8, 4) is 0 Å². The molecular weight excluding hydrogens is 310 g/mol. The van der Waals surface area contributed by atoms with Gasteiger partial charge in [0.15, 0.2) is 0 Å². The first-order chi connectivity index (χ1) is 9.83. The minimum Gasteiger partial charge on any atom is -0.306 e. The van der Waals surface area contributed by atoms with Crippen molar-refractivity contribution in [2.45, 2.75) is 51.4 Å². The molecule has 0 heterocycles. The molecule has 1 aromatic carbocycles. The minimum absolute atomic E-state index is 1.17. The lowest BCUT2D eigenvalue weighted by molar-refractivity contribution is 0.327. The van der Waals surface area contributed by atoms with Gasteiger partial charge in [-0.15, -0.1) is 0 Å². The fraction of sp³-hybridized carbons (Fsp3) is 0.667. The molecule has 0 aliphatic carbocycles. The summed E-state index contributed by atoms with van der Waals surface area (Å²) in [6.45, 7) is 2.42. The quantitative estimate of drug-likeness (QED) is 0.369. The average molecular weight is 340 g/mol. The van der Waals surface area contributed by atoms with Crippen molar-refractivity contribution in [3.05, 3.63) is 35.9 Å². The molecule has 2 heteroatoms. The Hall–Kier alpha value is -0.340. The highest BCUT2D eigenvalue weighted by molar-refractivity contribution is 9.09. The molecule has 0 radical (unpaired) electrons. The Labute approximate surface area is 133 Å². The first-order valence-electron chi connectivity index (χ1n) is 8.11. The fourth-order valence-corrected chi connectivity index (χ4v) is 2.83. The smallest absolute Gasteiger partial charge is 0.00313 e. The number of halogens is 1. The summed E-state index contributed by atoms with van der Waals surface area (Å²) in [5, 5.41) is 1.17. The molecule has 0 spiro atoms. The van der Waals surface area contributed by atoms with Crippen LogP contribution in [0.4, 0.5) is 0 Å². The molecule has 1 nitrogen and oxygen atoms in total. The first kappa shape index (κ1) is 17.7. The van der Waals surface area contributed by atoms with E-state index in [1.165, 1.54) is 75.3 Å². The van der Waals surface area contributed by atoms with E-state index in [1.54, 1.807) is 0 Å². The Morgan fingerprint density at radius 2 is 1.40 bits per heavy atom. The Morgan fingerprint density at radius 3 is 2.05 bits per heavy atom. The predicted molar refractivity (Wildman–Crippen MR) is 93.8 cm³/mol. The van der Waals surface area contributed by atoms with Gasteiger partial charge in [0.05, 0.1) is 0 Å². The van der Waals surface area contributed by atoms with Crippen molar-refractivity contribution in [1.29, 1.82) is 0 Å². The summed E-state index contributed by atoms with van der Waals surface area (Å²) < 4.78 is 0. The van der Waals surface area contributed by atoms with Crippen LogP contribution in [0.2, 0.25) is 0 Å². The summed E-state index contributed by atoms with van der Waals surface area (Å²) >= 11 is 3.49. The first-order valence-corrected chi connectivity index (χ1v) is 9.23. The van der Waals surface area contributed by atoms with E-state index < -0.39 is 0 Å². The zero-order chi connectivity index (χ0) is 14.5. The Kier molecular flexibility index (Phi) is 11.0. The second kappa shape index (κ2) is 12.4. The maximum atomic E-state index is 3.49. The molecule has 0 atom stereocenters. The SMILES string of the molecule is CN(CCCCCCCCCBr)CCc1ccccc1. The largest absolute Gasteiger partial charge is 0.306 e. The van der Waals surface area contributed by atoms with E-state index >= 15 is 0 Å². The van der Waals surface area contributed by atoms with Gasteiger partial charge in [-0.25, -0.2) is 0 Å². The second-order valence-corrected chi connectivity index (χ2v) is 6.50. The minimum atomic E-state index is 1.17. The van der Waals surface area contributed by atoms with Gasteiger partial charge in [-0.1, -0.05) is 78.4 Å². The van der Waals surface area contributed by atoms with Crippen molar-refractivity contribution >= 4 is 15.9 Å². The van der Waals surface area contributed by atoms with Gasteiger partial charge in [0.25, 0.3) is 0 Å². The highest BCUT2D eigenvalue weighted by Gasteiger charge is 1.99. The zero-order valence-corrected chi connectivity index (χ0v) is 14.6. The number of benzene rings is 1. The van der Waals surface area contributed by atoms with E-state index in [0.717, 1.165) is 0 Å². The molecule has 0 fully saturated rings. The van der Waals surface area contributed by atoms with Gasteiger partial charge in [0.1, 0.15) is 0 Å². The number of likely N-dealkylation sites (N-methyl/N-ethyl adjacent to an activating group) is 1. The van der Waals surface area contributed by atoms with Crippen LogP contribution in [0, 0.1) is 0 Å². The van der Waals surface area contributed by atoms with Crippen LogP contribution in [-0.4, -0.2) is 30.4 Å². The van der Waals surface area contributed by atoms with Gasteiger partial charge in [-0.05, 0) is 38.4 Å². The molecule has 0 saturated heterocycles. The van der Waals surface area contributed by atoms with E-state index in [1.807, 2.05) is 0 Å². The topological polar surface area (TPSA) is 3.24 Å². The average Bonchev–Trinajstić information content (AvgIpc) is 2.49. The normalized spacial score (nSPS) is 11.2. The molecule has 20 heavy (non-hydrogen) atoms. The summed E-state index contributed by atoms with van der Waals surface area (Å²) in [6, 6.07) is 10.8. The Bertz CT molecular complexity index is 312. The van der Waals surface area contributed by atoms with Crippen molar-refractivity contribution in [1.82, 2.24) is 4.90 Å². The van der Waals surface area contributed by atoms with Crippen LogP contribution >= 0.6 is 15.9 Å². The Morgan fingerprint density at radius 1 is 0.800 bits per heavy atom. The third-order valence-corrected chi connectivity index (χ3v) is 4.36. The van der Waals surface area contributed by atoms with Crippen molar-refractivity contribution < 1.29 is 0 Å². The van der Waals surface area contributed by atoms with Gasteiger partial charge in [0.2, 0.25) is 0 Å². The lowest BCUT2D eigenvalue weighted by Gasteiger charge is -2.16. The summed E-state index contributed by atoms with van der Waals surface area (Å²) in [5.41, 5.74) is 1.45. The molecule has 1 rings (SSSR count). The molecule has 0 bridgehead atoms. The monoisotopic (exact) mass is 339 g/mol. The third kappa shape index (κ3) is 9.55. The zero-order valence-electron chi connectivity index (χ0n) is 13.0. The highest BCUT2D eigenvalue weighted by Crippen LogP contribution is 2.08. The standard InChI is InChI=1S/C18H30BrN/c1-20(17-14-18-12-8-7-9-13-18)16-11-6-4-2-3-5-10-15-19/h7-9,12-13H,2-6,10-11,14-17H2,1H3. The van der Waals surface area contributed by atoms with Crippen LogP contribution < -0.4 is 0 Å². The van der Waals surface area contributed by atoms with Gasteiger partial charge < -0.3 is 4.90 Å². The maximum Gasteiger partial charge on any atom is 0.00313 e. The molecule has 0 saturated carbocycles. The number of hydrogen-bond donors (Lipinski definition) is 0. The van der Waals surface area contributed by atoms with Crippen LogP contribution in [0.1, 0.15) is 50.5 Å². The molecule has 114 valence electrons. The lowest BCUT2D eigenvalue weighted by Crippen LogP contribution is -2.22. The van der Waals surface area contributed by atoms with E-state index in [-0.39, 0.29) is 0 Å². The summed E-state index contributed by atoms with van der Waals surface area (Å²) in [7, 11) is 2.25. The fourth-order valence-electron chi connectivity index (χ4n) is 2.44. The van der Waals surface area contributed by atoms with Crippen molar-refractivity contribution in [2.24, 2.45) is 0 Å². The number of rotatable bonds is 12. The molecule has 0 unspecified atom stereocenters. The van der Waals surface area contributed by atoms with Crippen molar-refractivity contribution in [2.75, 3.05) is 25.5 Å². The molecule has 0 aromatic heterocycles.